The average Bonchev–Trinajstić information content (AvgIpc) is 1.63. The van der Waals surface area contributed by atoms with Crippen LogP contribution in [0.25, 0.3) is 0 Å². The minimum atomic E-state index is -1.18. The molecule has 0 aliphatic heterocycles. The van der Waals surface area contributed by atoms with Gasteiger partial charge in [0.25, 0.3) is 0 Å². The number of carboxylic acids is 1. The molecular formula is C4H7NO4. The molecule has 0 saturated carbocycles. The molecular weight excluding hydrogens is 126 g/mol. The number of carbonyl (C=O) groups is 2. The average molecular weight is 133 g/mol. The highest BCUT2D eigenvalue weighted by molar-refractivity contribution is 5.95. The van der Waals surface area contributed by atoms with Crippen LogP contribution in [0.4, 0.5) is 0 Å². The fourth-order valence-corrected chi connectivity index (χ4v) is 0.319. The van der Waals surface area contributed by atoms with Gasteiger partial charge in [0.15, 0.2) is 5.78 Å². The fraction of sp³-hybridized carbons (Fsp3) is 0.500. The standard InChI is InChI=1S/C4H7NO4/c6-3(2-5-9)1-4(7)8/h5,9H,1-2H2,(H,7,8). The quantitative estimate of drug-likeness (QED) is 0.338. The number of hydrogen-bond donors (Lipinski definition) is 3. The van der Waals surface area contributed by atoms with E-state index < -0.39 is 18.2 Å². The van der Waals surface area contributed by atoms with Gasteiger partial charge in [-0.1, -0.05) is 0 Å². The summed E-state index contributed by atoms with van der Waals surface area (Å²) in [4.78, 5) is 20.0. The van der Waals surface area contributed by atoms with Gasteiger partial charge in [0, 0.05) is 0 Å². The second-order valence-electron chi connectivity index (χ2n) is 1.44. The maximum absolute atomic E-state index is 10.3. The van der Waals surface area contributed by atoms with E-state index in [1.807, 2.05) is 0 Å². The van der Waals surface area contributed by atoms with Crippen molar-refractivity contribution in [3.63, 3.8) is 0 Å². The molecule has 5 nitrogen and oxygen atoms in total. The molecule has 0 bridgehead atoms. The Morgan fingerprint density at radius 1 is 1.44 bits per heavy atom. The summed E-state index contributed by atoms with van der Waals surface area (Å²) >= 11 is 0. The van der Waals surface area contributed by atoms with Crippen molar-refractivity contribution in [2.45, 2.75) is 6.42 Å². The van der Waals surface area contributed by atoms with Crippen molar-refractivity contribution in [1.82, 2.24) is 5.48 Å². The van der Waals surface area contributed by atoms with Crippen LogP contribution in [0.3, 0.4) is 0 Å². The Bertz CT molecular complexity index is 122. The summed E-state index contributed by atoms with van der Waals surface area (Å²) in [5.41, 5.74) is 1.56. The van der Waals surface area contributed by atoms with Crippen LogP contribution in [0, 0.1) is 0 Å². The van der Waals surface area contributed by atoms with Gasteiger partial charge in [0.1, 0.15) is 6.42 Å². The first-order chi connectivity index (χ1) is 4.16. The lowest BCUT2D eigenvalue weighted by molar-refractivity contribution is -0.140. The predicted molar refractivity (Wildman–Crippen MR) is 27.0 cm³/mol. The van der Waals surface area contributed by atoms with Crippen molar-refractivity contribution in [2.24, 2.45) is 0 Å². The molecule has 0 aromatic carbocycles. The number of carboxylic acid groups (broad SMARTS) is 1. The third kappa shape index (κ3) is 4.92. The van der Waals surface area contributed by atoms with Crippen LogP contribution in [-0.4, -0.2) is 28.6 Å². The summed E-state index contributed by atoms with van der Waals surface area (Å²) in [5.74, 6) is -1.74. The molecule has 0 spiro atoms. The third-order valence-corrected chi connectivity index (χ3v) is 0.625. The Balaban J connectivity index is 3.39. The lowest BCUT2D eigenvalue weighted by Gasteiger charge is -1.91. The minimum Gasteiger partial charge on any atom is -0.481 e. The lowest BCUT2D eigenvalue weighted by atomic mass is 10.3. The van der Waals surface area contributed by atoms with Crippen LogP contribution in [0.1, 0.15) is 6.42 Å². The van der Waals surface area contributed by atoms with E-state index in [4.69, 9.17) is 10.3 Å². The van der Waals surface area contributed by atoms with Crippen molar-refractivity contribution in [3.8, 4) is 0 Å². The fourth-order valence-electron chi connectivity index (χ4n) is 0.319. The number of nitrogens with one attached hydrogen (secondary N) is 1. The van der Waals surface area contributed by atoms with Crippen LogP contribution in [0.15, 0.2) is 0 Å². The molecule has 0 amide bonds. The molecule has 9 heavy (non-hydrogen) atoms. The van der Waals surface area contributed by atoms with Crippen molar-refractivity contribution in [1.29, 1.82) is 0 Å². The van der Waals surface area contributed by atoms with Crippen molar-refractivity contribution < 1.29 is 19.9 Å². The van der Waals surface area contributed by atoms with Gasteiger partial charge < -0.3 is 10.3 Å². The Labute approximate surface area is 51.2 Å². The molecule has 52 valence electrons. The van der Waals surface area contributed by atoms with Crippen LogP contribution in [0.2, 0.25) is 0 Å². The first-order valence-corrected chi connectivity index (χ1v) is 2.27. The Hall–Kier alpha value is -0.940. The van der Waals surface area contributed by atoms with E-state index in [0.29, 0.717) is 0 Å². The second kappa shape index (κ2) is 3.99. The Morgan fingerprint density at radius 3 is 2.33 bits per heavy atom. The van der Waals surface area contributed by atoms with Crippen LogP contribution < -0.4 is 5.48 Å². The molecule has 0 aliphatic rings. The summed E-state index contributed by atoms with van der Waals surface area (Å²) in [6.45, 7) is -0.313. The van der Waals surface area contributed by atoms with Gasteiger partial charge in [0.2, 0.25) is 0 Å². The highest BCUT2D eigenvalue weighted by atomic mass is 16.5. The number of Topliss-reactive ketones (excluding diaryl/α,β-unsaturated/α-hetero) is 1. The maximum atomic E-state index is 10.3. The maximum Gasteiger partial charge on any atom is 0.310 e. The summed E-state index contributed by atoms with van der Waals surface area (Å²) < 4.78 is 0. The number of carbonyl (C=O) groups excluding carboxylic acids is 1. The second-order valence-corrected chi connectivity index (χ2v) is 1.44. The van der Waals surface area contributed by atoms with E-state index in [1.165, 1.54) is 0 Å². The first kappa shape index (κ1) is 8.06. The number of hydroxylamine groups is 1. The summed E-state index contributed by atoms with van der Waals surface area (Å²) in [5, 5.41) is 15.9. The number of hydrogen-bond acceptors (Lipinski definition) is 4. The summed E-state index contributed by atoms with van der Waals surface area (Å²) in [6, 6.07) is 0. The molecule has 3 N–H and O–H groups in total. The van der Waals surface area contributed by atoms with E-state index in [1.54, 1.807) is 5.48 Å². The molecule has 0 fully saturated rings. The van der Waals surface area contributed by atoms with Crippen LogP contribution in [-0.2, 0) is 9.59 Å². The Kier molecular flexibility index (Phi) is 3.57. The molecule has 0 heterocycles. The van der Waals surface area contributed by atoms with E-state index >= 15 is 0 Å². The highest BCUT2D eigenvalue weighted by Gasteiger charge is 2.05. The van der Waals surface area contributed by atoms with Crippen molar-refractivity contribution in [3.05, 3.63) is 0 Å². The zero-order chi connectivity index (χ0) is 7.28. The largest absolute Gasteiger partial charge is 0.481 e. The molecule has 0 aromatic rings. The number of rotatable bonds is 4. The molecule has 0 aromatic heterocycles. The SMILES string of the molecule is O=C(O)CC(=O)CNO. The van der Waals surface area contributed by atoms with Crippen molar-refractivity contribution >= 4 is 11.8 Å². The van der Waals surface area contributed by atoms with Gasteiger partial charge in [-0.15, -0.1) is 0 Å². The van der Waals surface area contributed by atoms with Gasteiger partial charge in [0.05, 0.1) is 6.54 Å². The van der Waals surface area contributed by atoms with Gasteiger partial charge in [-0.25, -0.2) is 0 Å². The molecule has 0 radical (unpaired) electrons. The van der Waals surface area contributed by atoms with Crippen LogP contribution >= 0.6 is 0 Å². The topological polar surface area (TPSA) is 86.6 Å². The third-order valence-electron chi connectivity index (χ3n) is 0.625. The smallest absolute Gasteiger partial charge is 0.310 e. The minimum absolute atomic E-state index is 0.313. The van der Waals surface area contributed by atoms with E-state index in [-0.39, 0.29) is 6.54 Å². The molecule has 0 atom stereocenters. The van der Waals surface area contributed by atoms with Crippen molar-refractivity contribution in [2.75, 3.05) is 6.54 Å². The number of aliphatic carboxylic acids is 1. The highest BCUT2D eigenvalue weighted by Crippen LogP contribution is 1.79. The lowest BCUT2D eigenvalue weighted by Crippen LogP contribution is -2.21. The van der Waals surface area contributed by atoms with Gasteiger partial charge in [-0.2, -0.15) is 5.48 Å². The molecule has 0 saturated heterocycles. The molecule has 5 heteroatoms. The zero-order valence-corrected chi connectivity index (χ0v) is 4.63. The first-order valence-electron chi connectivity index (χ1n) is 2.27. The summed E-state index contributed by atoms with van der Waals surface area (Å²) in [7, 11) is 0. The number of ketones is 1. The van der Waals surface area contributed by atoms with Gasteiger partial charge in [-0.05, 0) is 0 Å². The van der Waals surface area contributed by atoms with Gasteiger partial charge in [-0.3, -0.25) is 9.59 Å². The molecule has 0 aliphatic carbocycles. The van der Waals surface area contributed by atoms with Crippen LogP contribution in [0.5, 0.6) is 0 Å². The molecule has 0 rings (SSSR count). The predicted octanol–water partition coefficient (Wildman–Crippen LogP) is -0.991. The zero-order valence-electron chi connectivity index (χ0n) is 4.63. The molecule has 0 unspecified atom stereocenters. The van der Waals surface area contributed by atoms with Gasteiger partial charge >= 0.3 is 5.97 Å². The Morgan fingerprint density at radius 2 is 2.00 bits per heavy atom. The summed E-state index contributed by atoms with van der Waals surface area (Å²) in [6.07, 6.45) is -0.548. The van der Waals surface area contributed by atoms with E-state index in [0.717, 1.165) is 0 Å². The monoisotopic (exact) mass is 133 g/mol. The normalized spacial score (nSPS) is 9.00. The van der Waals surface area contributed by atoms with E-state index in [2.05, 4.69) is 0 Å². The van der Waals surface area contributed by atoms with E-state index in [9.17, 15) is 9.59 Å².